The van der Waals surface area contributed by atoms with E-state index in [1.54, 1.807) is 12.3 Å². The van der Waals surface area contributed by atoms with Gasteiger partial charge in [0.25, 0.3) is 0 Å². The lowest BCUT2D eigenvalue weighted by atomic mass is 10.0. The summed E-state index contributed by atoms with van der Waals surface area (Å²) in [7, 11) is 0. The number of hydrogen-bond acceptors (Lipinski definition) is 7. The third kappa shape index (κ3) is 9.97. The summed E-state index contributed by atoms with van der Waals surface area (Å²) in [6, 6.07) is 2.33. The first kappa shape index (κ1) is 32.2. The van der Waals surface area contributed by atoms with Crippen LogP contribution in [0.25, 0.3) is 10.9 Å². The van der Waals surface area contributed by atoms with Gasteiger partial charge in [-0.15, -0.1) is 0 Å². The first-order valence-corrected chi connectivity index (χ1v) is 13.3. The number of aromatic nitrogens is 1. The molecule has 10 N–H and O–H groups in total. The molecule has 0 fully saturated rings. The number of unbranched alkanes of at least 4 members (excludes halogenated alkanes) is 1. The molecule has 0 aliphatic carbocycles. The highest BCUT2D eigenvalue weighted by molar-refractivity contribution is 5.96. The van der Waals surface area contributed by atoms with Gasteiger partial charge in [-0.1, -0.05) is 38.5 Å². The molecular weight excluding hydrogens is 520 g/mol. The van der Waals surface area contributed by atoms with Crippen LogP contribution >= 0.6 is 0 Å². The monoisotopic (exact) mass is 560 g/mol. The number of aliphatic carboxylic acids is 2. The number of nitrogens with one attached hydrogen (secondary N) is 4. The summed E-state index contributed by atoms with van der Waals surface area (Å²) < 4.78 is 0. The van der Waals surface area contributed by atoms with Gasteiger partial charge in [-0.05, 0) is 43.4 Å². The standard InChI is InChI=1S/C27H40N6O7/c1-15(2)11-20(31-24(36)18(29)8-5-6-10-28)25(37)32-21(13-23(34)35)26(38)33-22(27(39)40)12-16-14-30-19-9-4-3-7-17(16)19/h3-4,7,9,14-15,18,20-22,30H,5-6,8,10-13,28-29H2,1-2H3,(H,31,36)(H,32,37)(H,33,38)(H,34,35)(H,39,40). The van der Waals surface area contributed by atoms with Crippen molar-refractivity contribution < 1.29 is 34.2 Å². The fourth-order valence-electron chi connectivity index (χ4n) is 4.27. The molecule has 0 radical (unpaired) electrons. The second kappa shape index (κ2) is 15.6. The molecule has 0 spiro atoms. The summed E-state index contributed by atoms with van der Waals surface area (Å²) in [6.45, 7) is 4.12. The van der Waals surface area contributed by atoms with E-state index in [4.69, 9.17) is 11.5 Å². The van der Waals surface area contributed by atoms with Crippen molar-refractivity contribution in [2.24, 2.45) is 17.4 Å². The number of carboxylic acids is 2. The lowest BCUT2D eigenvalue weighted by Gasteiger charge is -2.25. The molecular formula is C27H40N6O7. The number of rotatable bonds is 17. The number of hydrogen-bond donors (Lipinski definition) is 8. The number of H-pyrrole nitrogens is 1. The number of para-hydroxylation sites is 1. The van der Waals surface area contributed by atoms with Crippen LogP contribution in [0.2, 0.25) is 0 Å². The molecule has 0 saturated heterocycles. The molecule has 0 aliphatic rings. The molecule has 1 heterocycles. The number of carbonyl (C=O) groups excluding carboxylic acids is 3. The summed E-state index contributed by atoms with van der Waals surface area (Å²) in [6.07, 6.45) is 2.67. The van der Waals surface area contributed by atoms with Crippen LogP contribution in [0.1, 0.15) is 51.5 Å². The van der Waals surface area contributed by atoms with Gasteiger partial charge < -0.3 is 42.6 Å². The second-order valence-electron chi connectivity index (χ2n) is 10.2. The van der Waals surface area contributed by atoms with Gasteiger partial charge in [0, 0.05) is 23.5 Å². The van der Waals surface area contributed by atoms with Crippen molar-refractivity contribution in [2.75, 3.05) is 6.54 Å². The molecule has 0 bridgehead atoms. The Morgan fingerprint density at radius 3 is 2.15 bits per heavy atom. The van der Waals surface area contributed by atoms with E-state index in [1.165, 1.54) is 0 Å². The topological polar surface area (TPSA) is 230 Å². The molecule has 0 saturated carbocycles. The van der Waals surface area contributed by atoms with Crippen molar-refractivity contribution in [3.05, 3.63) is 36.0 Å². The Bertz CT molecular complexity index is 1180. The van der Waals surface area contributed by atoms with E-state index in [0.29, 0.717) is 31.4 Å². The molecule has 1 aromatic carbocycles. The lowest BCUT2D eigenvalue weighted by Crippen LogP contribution is -2.57. The van der Waals surface area contributed by atoms with Crippen LogP contribution in [-0.4, -0.2) is 75.6 Å². The predicted octanol–water partition coefficient (Wildman–Crippen LogP) is 0.227. The second-order valence-corrected chi connectivity index (χ2v) is 10.2. The predicted molar refractivity (Wildman–Crippen MR) is 148 cm³/mol. The highest BCUT2D eigenvalue weighted by Gasteiger charge is 2.32. The SMILES string of the molecule is CC(C)CC(NC(=O)C(N)CCCCN)C(=O)NC(CC(=O)O)C(=O)NC(Cc1c[nH]c2ccccc12)C(=O)O. The van der Waals surface area contributed by atoms with Crippen molar-refractivity contribution in [1.82, 2.24) is 20.9 Å². The number of fused-ring (bicyclic) bond motifs is 1. The minimum atomic E-state index is -1.58. The fourth-order valence-corrected chi connectivity index (χ4v) is 4.27. The number of benzene rings is 1. The van der Waals surface area contributed by atoms with Gasteiger partial charge in [-0.25, -0.2) is 4.79 Å². The van der Waals surface area contributed by atoms with Gasteiger partial charge in [0.15, 0.2) is 0 Å². The third-order valence-electron chi connectivity index (χ3n) is 6.37. The zero-order chi connectivity index (χ0) is 29.8. The van der Waals surface area contributed by atoms with E-state index < -0.39 is 60.2 Å². The van der Waals surface area contributed by atoms with Crippen LogP contribution < -0.4 is 27.4 Å². The maximum absolute atomic E-state index is 13.1. The lowest BCUT2D eigenvalue weighted by molar-refractivity contribution is -0.143. The van der Waals surface area contributed by atoms with Crippen molar-refractivity contribution in [3.63, 3.8) is 0 Å². The van der Waals surface area contributed by atoms with Gasteiger partial charge in [0.2, 0.25) is 17.7 Å². The summed E-state index contributed by atoms with van der Waals surface area (Å²) in [5, 5.41) is 27.2. The number of carboxylic acid groups (broad SMARTS) is 2. The zero-order valence-electron chi connectivity index (χ0n) is 22.8. The smallest absolute Gasteiger partial charge is 0.326 e. The van der Waals surface area contributed by atoms with Gasteiger partial charge in [0.05, 0.1) is 12.5 Å². The highest BCUT2D eigenvalue weighted by atomic mass is 16.4. The molecule has 220 valence electrons. The molecule has 0 aliphatic heterocycles. The summed E-state index contributed by atoms with van der Waals surface area (Å²) in [5.74, 6) is -5.05. The van der Waals surface area contributed by atoms with Gasteiger partial charge >= 0.3 is 11.9 Å². The molecule has 2 rings (SSSR count). The Labute approximate surface area is 232 Å². The number of nitrogens with two attached hydrogens (primary N) is 2. The van der Waals surface area contributed by atoms with Crippen LogP contribution in [0.5, 0.6) is 0 Å². The average molecular weight is 561 g/mol. The third-order valence-corrected chi connectivity index (χ3v) is 6.37. The minimum Gasteiger partial charge on any atom is -0.481 e. The van der Waals surface area contributed by atoms with Gasteiger partial charge in [-0.3, -0.25) is 19.2 Å². The van der Waals surface area contributed by atoms with Crippen LogP contribution in [-0.2, 0) is 30.4 Å². The molecule has 1 aromatic heterocycles. The van der Waals surface area contributed by atoms with Crippen LogP contribution in [0.4, 0.5) is 0 Å². The Morgan fingerprint density at radius 1 is 0.900 bits per heavy atom. The van der Waals surface area contributed by atoms with Crippen LogP contribution in [0.3, 0.4) is 0 Å². The van der Waals surface area contributed by atoms with E-state index in [-0.39, 0.29) is 18.8 Å². The molecule has 40 heavy (non-hydrogen) atoms. The van der Waals surface area contributed by atoms with E-state index >= 15 is 0 Å². The molecule has 13 heteroatoms. The minimum absolute atomic E-state index is 0.0381. The summed E-state index contributed by atoms with van der Waals surface area (Å²) in [4.78, 5) is 65.3. The largest absolute Gasteiger partial charge is 0.481 e. The van der Waals surface area contributed by atoms with E-state index in [1.807, 2.05) is 32.0 Å². The fraction of sp³-hybridized carbons (Fsp3) is 0.519. The molecule has 4 unspecified atom stereocenters. The molecule has 4 atom stereocenters. The number of carbonyl (C=O) groups is 5. The molecule has 2 aromatic rings. The Kier molecular flexibility index (Phi) is 12.6. The molecule has 3 amide bonds. The van der Waals surface area contributed by atoms with Gasteiger partial charge in [-0.2, -0.15) is 0 Å². The number of amides is 3. The maximum atomic E-state index is 13.1. The van der Waals surface area contributed by atoms with E-state index in [0.717, 1.165) is 10.9 Å². The van der Waals surface area contributed by atoms with Crippen molar-refractivity contribution in [1.29, 1.82) is 0 Å². The van der Waals surface area contributed by atoms with Crippen molar-refractivity contribution in [2.45, 2.75) is 76.5 Å². The summed E-state index contributed by atoms with van der Waals surface area (Å²) >= 11 is 0. The quantitative estimate of drug-likeness (QED) is 0.124. The Balaban J connectivity index is 2.15. The van der Waals surface area contributed by atoms with E-state index in [9.17, 15) is 34.2 Å². The van der Waals surface area contributed by atoms with Crippen molar-refractivity contribution >= 4 is 40.6 Å². The Hall–Kier alpha value is -3.97. The maximum Gasteiger partial charge on any atom is 0.326 e. The summed E-state index contributed by atoms with van der Waals surface area (Å²) in [5.41, 5.74) is 12.8. The van der Waals surface area contributed by atoms with Crippen LogP contribution in [0.15, 0.2) is 30.5 Å². The highest BCUT2D eigenvalue weighted by Crippen LogP contribution is 2.19. The average Bonchev–Trinajstić information content (AvgIpc) is 3.29. The zero-order valence-corrected chi connectivity index (χ0v) is 22.8. The Morgan fingerprint density at radius 2 is 1.52 bits per heavy atom. The van der Waals surface area contributed by atoms with Crippen molar-refractivity contribution in [3.8, 4) is 0 Å². The first-order chi connectivity index (χ1) is 18.9. The van der Waals surface area contributed by atoms with Gasteiger partial charge in [0.1, 0.15) is 18.1 Å². The first-order valence-electron chi connectivity index (χ1n) is 13.3. The molecule has 13 nitrogen and oxygen atoms in total. The normalized spacial score (nSPS) is 14.2. The van der Waals surface area contributed by atoms with E-state index in [2.05, 4.69) is 20.9 Å². The van der Waals surface area contributed by atoms with Crippen LogP contribution in [0, 0.1) is 5.92 Å². The number of aromatic amines is 1.